The molecule has 0 aliphatic carbocycles. The van der Waals surface area contributed by atoms with Crippen molar-refractivity contribution < 1.29 is 31.1 Å². The number of hydrogen-bond donors (Lipinski definition) is 1. The highest BCUT2D eigenvalue weighted by atomic mass is 19.4. The molecule has 1 amide bonds. The number of alkyl halides is 6. The van der Waals surface area contributed by atoms with Crippen molar-refractivity contribution in [3.63, 3.8) is 0 Å². The van der Waals surface area contributed by atoms with E-state index < -0.39 is 35.0 Å². The van der Waals surface area contributed by atoms with Gasteiger partial charge in [0.05, 0.1) is 12.0 Å². The van der Waals surface area contributed by atoms with Crippen LogP contribution in [0.5, 0.6) is 0 Å². The van der Waals surface area contributed by atoms with Gasteiger partial charge in [0.1, 0.15) is 0 Å². The molecule has 0 fully saturated rings. The highest BCUT2D eigenvalue weighted by Crippen LogP contribution is 2.42. The number of benzene rings is 1. The van der Waals surface area contributed by atoms with Crippen LogP contribution < -0.4 is 5.32 Å². The van der Waals surface area contributed by atoms with Crippen LogP contribution in [0.2, 0.25) is 0 Å². The zero-order chi connectivity index (χ0) is 20.4. The maximum Gasteiger partial charge on any atom is 0.453 e. The summed E-state index contributed by atoms with van der Waals surface area (Å²) in [6, 6.07) is 3.38. The van der Waals surface area contributed by atoms with E-state index in [-0.39, 0.29) is 17.9 Å². The molecule has 0 bridgehead atoms. The van der Waals surface area contributed by atoms with Gasteiger partial charge in [-0.1, -0.05) is 0 Å². The summed E-state index contributed by atoms with van der Waals surface area (Å²) >= 11 is 0. The van der Waals surface area contributed by atoms with E-state index in [9.17, 15) is 31.1 Å². The molecule has 28 heavy (non-hydrogen) atoms. The molecule has 5 nitrogen and oxygen atoms in total. The zero-order valence-corrected chi connectivity index (χ0v) is 14.0. The van der Waals surface area contributed by atoms with E-state index in [1.54, 1.807) is 6.92 Å². The van der Waals surface area contributed by atoms with Gasteiger partial charge in [-0.05, 0) is 41.8 Å². The second kappa shape index (κ2) is 5.69. The van der Waals surface area contributed by atoms with Crippen LogP contribution in [0, 0.1) is 6.92 Å². The van der Waals surface area contributed by atoms with E-state index in [2.05, 4.69) is 15.4 Å². The summed E-state index contributed by atoms with van der Waals surface area (Å²) in [5, 5.41) is 5.85. The van der Waals surface area contributed by atoms with Crippen molar-refractivity contribution in [3.8, 4) is 11.1 Å². The van der Waals surface area contributed by atoms with Gasteiger partial charge < -0.3 is 5.32 Å². The largest absolute Gasteiger partial charge is 0.453 e. The van der Waals surface area contributed by atoms with Crippen LogP contribution >= 0.6 is 0 Å². The molecule has 3 heterocycles. The number of halogens is 6. The number of hydrogen-bond acceptors (Lipinski definition) is 3. The van der Waals surface area contributed by atoms with Crippen LogP contribution in [-0.2, 0) is 23.6 Å². The van der Waals surface area contributed by atoms with Gasteiger partial charge in [0.2, 0.25) is 5.91 Å². The Morgan fingerprint density at radius 3 is 2.46 bits per heavy atom. The lowest BCUT2D eigenvalue weighted by molar-refractivity contribution is -0.144. The molecule has 0 atom stereocenters. The first-order valence-electron chi connectivity index (χ1n) is 7.92. The summed E-state index contributed by atoms with van der Waals surface area (Å²) in [4.78, 5) is 14.9. The average molecular weight is 400 g/mol. The minimum absolute atomic E-state index is 0.00630. The van der Waals surface area contributed by atoms with Gasteiger partial charge in [-0.2, -0.15) is 26.3 Å². The van der Waals surface area contributed by atoms with Crippen molar-refractivity contribution in [1.82, 2.24) is 14.6 Å². The van der Waals surface area contributed by atoms with Crippen molar-refractivity contribution in [1.29, 1.82) is 0 Å². The predicted molar refractivity (Wildman–Crippen MR) is 85.5 cm³/mol. The first-order chi connectivity index (χ1) is 12.9. The third-order valence-corrected chi connectivity index (χ3v) is 4.39. The maximum atomic E-state index is 13.6. The fraction of sp³-hybridized carbons (Fsp3) is 0.235. The van der Waals surface area contributed by atoms with Crippen LogP contribution in [0.3, 0.4) is 0 Å². The molecular formula is C17H10F6N4O. The van der Waals surface area contributed by atoms with Crippen molar-refractivity contribution in [2.24, 2.45) is 0 Å². The number of carbonyl (C=O) groups is 1. The molecule has 1 aliphatic rings. The van der Waals surface area contributed by atoms with Crippen LogP contribution in [0.4, 0.5) is 32.0 Å². The molecule has 0 spiro atoms. The number of fused-ring (bicyclic) bond motifs is 2. The van der Waals surface area contributed by atoms with Crippen molar-refractivity contribution in [3.05, 3.63) is 46.9 Å². The molecule has 3 aromatic rings. The number of aryl methyl sites for hydroxylation is 1. The number of nitrogens with one attached hydrogen (secondary N) is 1. The molecule has 0 unspecified atom stereocenters. The van der Waals surface area contributed by atoms with Gasteiger partial charge in [-0.25, -0.2) is 9.50 Å². The van der Waals surface area contributed by atoms with Gasteiger partial charge in [0, 0.05) is 17.4 Å². The molecule has 0 saturated carbocycles. The Balaban J connectivity index is 2.04. The first-order valence-corrected chi connectivity index (χ1v) is 7.92. The number of carbonyl (C=O) groups excluding carboxylic acids is 1. The number of rotatable bonds is 1. The number of nitrogens with zero attached hydrogens (tertiary/aromatic N) is 3. The Labute approximate surface area is 153 Å². The van der Waals surface area contributed by atoms with Crippen LogP contribution in [0.1, 0.15) is 22.5 Å². The Bertz CT molecular complexity index is 1130. The SMILES string of the molecule is Cc1cc(-c2c(C(F)(F)F)ccn3nc(C(F)(F)F)nc23)cc2c1NC(=O)C2. The van der Waals surface area contributed by atoms with Gasteiger partial charge in [-0.15, -0.1) is 5.10 Å². The molecule has 146 valence electrons. The molecule has 4 rings (SSSR count). The fourth-order valence-corrected chi connectivity index (χ4v) is 3.27. The van der Waals surface area contributed by atoms with Gasteiger partial charge in [-0.3, -0.25) is 4.79 Å². The minimum Gasteiger partial charge on any atom is -0.325 e. The molecule has 1 aromatic carbocycles. The maximum absolute atomic E-state index is 13.6. The third-order valence-electron chi connectivity index (χ3n) is 4.39. The molecule has 11 heteroatoms. The van der Waals surface area contributed by atoms with Gasteiger partial charge in [0.15, 0.2) is 5.65 Å². The number of anilines is 1. The summed E-state index contributed by atoms with van der Waals surface area (Å²) in [7, 11) is 0. The molecule has 0 saturated heterocycles. The third kappa shape index (κ3) is 2.86. The average Bonchev–Trinajstić information content (AvgIpc) is 3.15. The molecular weight excluding hydrogens is 390 g/mol. The minimum atomic E-state index is -4.91. The van der Waals surface area contributed by atoms with E-state index in [1.807, 2.05) is 0 Å². The first kappa shape index (κ1) is 18.3. The van der Waals surface area contributed by atoms with Gasteiger partial charge >= 0.3 is 12.4 Å². The number of aromatic nitrogens is 3. The second-order valence-electron chi connectivity index (χ2n) is 6.36. The molecule has 1 aliphatic heterocycles. The summed E-state index contributed by atoms with van der Waals surface area (Å²) in [5.74, 6) is -1.85. The van der Waals surface area contributed by atoms with E-state index in [0.29, 0.717) is 27.4 Å². The van der Waals surface area contributed by atoms with Crippen molar-refractivity contribution in [2.45, 2.75) is 25.7 Å². The predicted octanol–water partition coefficient (Wildman–Crippen LogP) is 4.24. The Morgan fingerprint density at radius 1 is 1.11 bits per heavy atom. The van der Waals surface area contributed by atoms with Crippen molar-refractivity contribution in [2.75, 3.05) is 5.32 Å². The normalized spacial score (nSPS) is 14.5. The standard InChI is InChI=1S/C17H10F6N4O/c1-7-4-8(5-9-6-11(28)24-13(7)9)12-10(16(18,19)20)2-3-27-14(12)25-15(26-27)17(21,22)23/h2-5H,6H2,1H3,(H,24,28). The lowest BCUT2D eigenvalue weighted by Crippen LogP contribution is -2.09. The van der Waals surface area contributed by atoms with Crippen LogP contribution in [0.15, 0.2) is 24.4 Å². The van der Waals surface area contributed by atoms with E-state index in [4.69, 9.17) is 0 Å². The van der Waals surface area contributed by atoms with E-state index >= 15 is 0 Å². The zero-order valence-electron chi connectivity index (χ0n) is 14.0. The van der Waals surface area contributed by atoms with Gasteiger partial charge in [0.25, 0.3) is 5.82 Å². The second-order valence-corrected chi connectivity index (χ2v) is 6.36. The lowest BCUT2D eigenvalue weighted by Gasteiger charge is -2.15. The monoisotopic (exact) mass is 400 g/mol. The van der Waals surface area contributed by atoms with Crippen molar-refractivity contribution >= 4 is 17.2 Å². The number of pyridine rings is 1. The Morgan fingerprint density at radius 2 is 1.82 bits per heavy atom. The highest BCUT2D eigenvalue weighted by molar-refractivity contribution is 6.01. The summed E-state index contributed by atoms with van der Waals surface area (Å²) < 4.78 is 80.4. The Kier molecular flexibility index (Phi) is 3.71. The summed E-state index contributed by atoms with van der Waals surface area (Å²) in [6.45, 7) is 1.59. The summed E-state index contributed by atoms with van der Waals surface area (Å²) in [5.41, 5.74) is -0.784. The molecule has 0 radical (unpaired) electrons. The topological polar surface area (TPSA) is 59.3 Å². The van der Waals surface area contributed by atoms with Crippen LogP contribution in [-0.4, -0.2) is 20.5 Å². The van der Waals surface area contributed by atoms with E-state index in [0.717, 1.165) is 6.20 Å². The van der Waals surface area contributed by atoms with E-state index in [1.165, 1.54) is 12.1 Å². The molecule has 2 aromatic heterocycles. The Hall–Kier alpha value is -3.11. The lowest BCUT2D eigenvalue weighted by atomic mass is 9.95. The number of amides is 1. The smallest absolute Gasteiger partial charge is 0.325 e. The summed E-state index contributed by atoms with van der Waals surface area (Å²) in [6.07, 6.45) is -8.99. The fourth-order valence-electron chi connectivity index (χ4n) is 3.27. The quantitative estimate of drug-likeness (QED) is 0.622. The highest BCUT2D eigenvalue weighted by Gasteiger charge is 2.39. The van der Waals surface area contributed by atoms with Crippen LogP contribution in [0.25, 0.3) is 16.8 Å². The molecule has 1 N–H and O–H groups in total.